The van der Waals surface area contributed by atoms with Crippen LogP contribution in [0.1, 0.15) is 25.5 Å². The van der Waals surface area contributed by atoms with Gasteiger partial charge in [-0.1, -0.05) is 13.3 Å². The van der Waals surface area contributed by atoms with Crippen molar-refractivity contribution in [2.24, 2.45) is 0 Å². The predicted octanol–water partition coefficient (Wildman–Crippen LogP) is 2.46. The molecule has 0 bridgehead atoms. The molecule has 0 aliphatic heterocycles. The minimum absolute atomic E-state index is 0.882. The van der Waals surface area contributed by atoms with Gasteiger partial charge in [-0.2, -0.15) is 5.10 Å². The van der Waals surface area contributed by atoms with Crippen LogP contribution in [0.4, 0.5) is 11.6 Å². The molecule has 2 aromatic rings. The summed E-state index contributed by atoms with van der Waals surface area (Å²) in [5.41, 5.74) is 1.96. The third kappa shape index (κ3) is 2.42. The van der Waals surface area contributed by atoms with Crippen LogP contribution in [0.15, 0.2) is 18.6 Å². The molecule has 0 aliphatic rings. The highest BCUT2D eigenvalue weighted by atomic mass is 15.2. The van der Waals surface area contributed by atoms with E-state index in [0.717, 1.165) is 30.3 Å². The lowest BCUT2D eigenvalue weighted by Crippen LogP contribution is -2.02. The van der Waals surface area contributed by atoms with Gasteiger partial charge in [-0.15, -0.1) is 0 Å². The van der Waals surface area contributed by atoms with E-state index in [9.17, 15) is 0 Å². The quantitative estimate of drug-likeness (QED) is 0.812. The van der Waals surface area contributed by atoms with E-state index in [1.165, 1.54) is 6.42 Å². The van der Waals surface area contributed by atoms with Gasteiger partial charge in [0, 0.05) is 18.9 Å². The number of imidazole rings is 1. The monoisotopic (exact) mass is 219 g/mol. The molecule has 0 fully saturated rings. The number of hydrogen-bond acceptors (Lipinski definition) is 3. The Bertz CT molecular complexity index is 429. The smallest absolute Gasteiger partial charge is 0.207 e. The molecular formula is C11H17N5. The zero-order valence-corrected chi connectivity index (χ0v) is 9.70. The normalized spacial score (nSPS) is 10.6. The highest BCUT2D eigenvalue weighted by Crippen LogP contribution is 2.15. The Balaban J connectivity index is 2.12. The Morgan fingerprint density at radius 2 is 2.38 bits per heavy atom. The van der Waals surface area contributed by atoms with Crippen molar-refractivity contribution in [3.8, 4) is 0 Å². The maximum Gasteiger partial charge on any atom is 0.207 e. The molecule has 0 aliphatic carbocycles. The molecule has 0 unspecified atom stereocenters. The van der Waals surface area contributed by atoms with Crippen LogP contribution in [-0.2, 0) is 6.54 Å². The van der Waals surface area contributed by atoms with E-state index < -0.39 is 0 Å². The van der Waals surface area contributed by atoms with Crippen molar-refractivity contribution >= 4 is 11.6 Å². The average molecular weight is 219 g/mol. The lowest BCUT2D eigenvalue weighted by molar-refractivity contribution is 0.637. The highest BCUT2D eigenvalue weighted by molar-refractivity contribution is 5.50. The largest absolute Gasteiger partial charge is 0.323 e. The molecule has 0 spiro atoms. The lowest BCUT2D eigenvalue weighted by Gasteiger charge is -2.07. The third-order valence-corrected chi connectivity index (χ3v) is 2.40. The van der Waals surface area contributed by atoms with E-state index in [1.54, 1.807) is 6.20 Å². The maximum absolute atomic E-state index is 4.45. The van der Waals surface area contributed by atoms with Gasteiger partial charge in [-0.25, -0.2) is 4.98 Å². The van der Waals surface area contributed by atoms with Gasteiger partial charge >= 0.3 is 0 Å². The van der Waals surface area contributed by atoms with Crippen molar-refractivity contribution in [2.75, 3.05) is 5.32 Å². The molecule has 86 valence electrons. The van der Waals surface area contributed by atoms with Gasteiger partial charge in [-0.3, -0.25) is 5.10 Å². The van der Waals surface area contributed by atoms with Gasteiger partial charge in [0.15, 0.2) is 0 Å². The second kappa shape index (κ2) is 4.83. The zero-order chi connectivity index (χ0) is 11.4. The van der Waals surface area contributed by atoms with E-state index in [2.05, 4.69) is 38.2 Å². The van der Waals surface area contributed by atoms with Gasteiger partial charge < -0.3 is 9.88 Å². The summed E-state index contributed by atoms with van der Waals surface area (Å²) in [5, 5.41) is 9.90. The van der Waals surface area contributed by atoms with Gasteiger partial charge in [0.25, 0.3) is 0 Å². The van der Waals surface area contributed by atoms with E-state index >= 15 is 0 Å². The van der Waals surface area contributed by atoms with E-state index in [4.69, 9.17) is 0 Å². The number of anilines is 2. The zero-order valence-electron chi connectivity index (χ0n) is 9.70. The van der Waals surface area contributed by atoms with Gasteiger partial charge in [-0.05, 0) is 13.3 Å². The summed E-state index contributed by atoms with van der Waals surface area (Å²) in [6.07, 6.45) is 7.97. The van der Waals surface area contributed by atoms with Gasteiger partial charge in [0.1, 0.15) is 0 Å². The van der Waals surface area contributed by atoms with Crippen LogP contribution in [0.2, 0.25) is 0 Å². The molecule has 2 aromatic heterocycles. The number of aromatic nitrogens is 4. The van der Waals surface area contributed by atoms with E-state index in [1.807, 2.05) is 13.1 Å². The van der Waals surface area contributed by atoms with E-state index in [-0.39, 0.29) is 0 Å². The third-order valence-electron chi connectivity index (χ3n) is 2.40. The fourth-order valence-corrected chi connectivity index (χ4v) is 1.59. The second-order valence-corrected chi connectivity index (χ2v) is 3.86. The van der Waals surface area contributed by atoms with Crippen LogP contribution in [0, 0.1) is 6.92 Å². The first-order chi connectivity index (χ1) is 7.79. The Kier molecular flexibility index (Phi) is 3.24. The number of aromatic amines is 1. The number of hydrogen-bond donors (Lipinski definition) is 2. The number of unbranched alkanes of at least 4 members (excludes halogenated alkanes) is 1. The number of nitrogens with one attached hydrogen (secondary N) is 2. The predicted molar refractivity (Wildman–Crippen MR) is 63.7 cm³/mol. The van der Waals surface area contributed by atoms with Crippen molar-refractivity contribution in [1.82, 2.24) is 19.7 Å². The van der Waals surface area contributed by atoms with Crippen molar-refractivity contribution in [2.45, 2.75) is 33.2 Å². The topological polar surface area (TPSA) is 58.5 Å². The molecule has 5 heteroatoms. The minimum atomic E-state index is 0.882. The summed E-state index contributed by atoms with van der Waals surface area (Å²) in [6, 6.07) is 0. The summed E-state index contributed by atoms with van der Waals surface area (Å²) in [4.78, 5) is 4.45. The molecule has 16 heavy (non-hydrogen) atoms. The fraction of sp³-hybridized carbons (Fsp3) is 0.455. The molecule has 2 heterocycles. The average Bonchev–Trinajstić information content (AvgIpc) is 2.86. The van der Waals surface area contributed by atoms with Crippen molar-refractivity contribution in [3.05, 3.63) is 24.3 Å². The van der Waals surface area contributed by atoms with Crippen molar-refractivity contribution in [1.29, 1.82) is 0 Å². The first-order valence-electron chi connectivity index (χ1n) is 5.59. The lowest BCUT2D eigenvalue weighted by atomic mass is 10.3. The van der Waals surface area contributed by atoms with Crippen LogP contribution in [0.25, 0.3) is 0 Å². The fourth-order valence-electron chi connectivity index (χ4n) is 1.59. The molecule has 0 amide bonds. The molecule has 0 atom stereocenters. The Hall–Kier alpha value is -1.78. The van der Waals surface area contributed by atoms with Crippen LogP contribution in [-0.4, -0.2) is 19.7 Å². The van der Waals surface area contributed by atoms with Gasteiger partial charge in [0.2, 0.25) is 5.95 Å². The molecule has 2 rings (SSSR count). The van der Waals surface area contributed by atoms with Crippen LogP contribution in [0.5, 0.6) is 0 Å². The van der Waals surface area contributed by atoms with Crippen molar-refractivity contribution in [3.63, 3.8) is 0 Å². The molecule has 0 aromatic carbocycles. The molecule has 0 radical (unpaired) electrons. The summed E-state index contributed by atoms with van der Waals surface area (Å²) >= 11 is 0. The molecule has 0 saturated heterocycles. The number of aryl methyl sites for hydroxylation is 2. The first-order valence-corrected chi connectivity index (χ1v) is 5.59. The van der Waals surface area contributed by atoms with E-state index in [0.29, 0.717) is 0 Å². The minimum Gasteiger partial charge on any atom is -0.323 e. The first kappa shape index (κ1) is 10.7. The highest BCUT2D eigenvalue weighted by Gasteiger charge is 2.05. The Morgan fingerprint density at radius 3 is 3.06 bits per heavy atom. The Morgan fingerprint density at radius 1 is 1.50 bits per heavy atom. The van der Waals surface area contributed by atoms with Crippen molar-refractivity contribution < 1.29 is 0 Å². The van der Waals surface area contributed by atoms with Crippen LogP contribution in [0.3, 0.4) is 0 Å². The Labute approximate surface area is 94.9 Å². The maximum atomic E-state index is 4.45. The molecule has 0 saturated carbocycles. The number of nitrogens with zero attached hydrogens (tertiary/aromatic N) is 3. The summed E-state index contributed by atoms with van der Waals surface area (Å²) in [5.74, 6) is 0.882. The van der Waals surface area contributed by atoms with Gasteiger partial charge in [0.05, 0.1) is 17.6 Å². The summed E-state index contributed by atoms with van der Waals surface area (Å²) < 4.78 is 2.14. The standard InChI is InChI=1S/C11H17N5/c1-3-4-5-16-8-9(2)14-11(16)15-10-6-12-13-7-10/h6-8H,3-5H2,1-2H3,(H,12,13)(H,14,15). The second-order valence-electron chi connectivity index (χ2n) is 3.86. The molecule has 2 N–H and O–H groups in total. The summed E-state index contributed by atoms with van der Waals surface area (Å²) in [7, 11) is 0. The molecular weight excluding hydrogens is 202 g/mol. The molecule has 5 nitrogen and oxygen atoms in total. The van der Waals surface area contributed by atoms with Crippen LogP contribution >= 0.6 is 0 Å². The van der Waals surface area contributed by atoms with Crippen LogP contribution < -0.4 is 5.32 Å². The number of H-pyrrole nitrogens is 1. The number of rotatable bonds is 5. The SMILES string of the molecule is CCCCn1cc(C)nc1Nc1cn[nH]c1. The summed E-state index contributed by atoms with van der Waals surface area (Å²) in [6.45, 7) is 5.19.